The first-order valence-electron chi connectivity index (χ1n) is 10.4. The molecular weight excluding hydrogens is 376 g/mol. The number of likely N-dealkylation sites (tertiary alicyclic amines) is 1. The molecule has 1 saturated carbocycles. The predicted octanol–water partition coefficient (Wildman–Crippen LogP) is 1.63. The van der Waals surface area contributed by atoms with Gasteiger partial charge in [-0.05, 0) is 39.5 Å². The van der Waals surface area contributed by atoms with Crippen LogP contribution >= 0.6 is 0 Å². The normalized spacial score (nSPS) is 31.8. The van der Waals surface area contributed by atoms with Crippen molar-refractivity contribution in [3.8, 4) is 12.3 Å². The number of ether oxygens (including phenoxy) is 4. The molecule has 1 spiro atoms. The summed E-state index contributed by atoms with van der Waals surface area (Å²) in [6, 6.07) is -1.07. The second kappa shape index (κ2) is 7.46. The third kappa shape index (κ3) is 3.72. The maximum atomic E-state index is 13.7. The predicted molar refractivity (Wildman–Crippen MR) is 102 cm³/mol. The quantitative estimate of drug-likeness (QED) is 0.717. The lowest BCUT2D eigenvalue weighted by molar-refractivity contribution is -0.404. The highest BCUT2D eigenvalue weighted by atomic mass is 16.9. The maximum absolute atomic E-state index is 13.7. The first kappa shape index (κ1) is 20.5. The van der Waals surface area contributed by atoms with Gasteiger partial charge in [-0.1, -0.05) is 18.8 Å². The maximum Gasteiger partial charge on any atom is 0.408 e. The van der Waals surface area contributed by atoms with E-state index < -0.39 is 29.6 Å². The minimum atomic E-state index is -0.946. The second-order valence-electron chi connectivity index (χ2n) is 9.37. The Labute approximate surface area is 171 Å². The summed E-state index contributed by atoms with van der Waals surface area (Å²) >= 11 is 0. The van der Waals surface area contributed by atoms with E-state index in [1.807, 2.05) is 0 Å². The van der Waals surface area contributed by atoms with Crippen LogP contribution in [0.5, 0.6) is 0 Å². The number of hydrogen-bond donors (Lipinski definition) is 1. The highest BCUT2D eigenvalue weighted by Gasteiger charge is 2.65. The molecule has 1 N–H and O–H groups in total. The van der Waals surface area contributed by atoms with Gasteiger partial charge in [-0.3, -0.25) is 4.79 Å². The van der Waals surface area contributed by atoms with Gasteiger partial charge in [0.05, 0.1) is 12.0 Å². The first-order valence-corrected chi connectivity index (χ1v) is 10.4. The molecule has 0 aromatic carbocycles. The van der Waals surface area contributed by atoms with Gasteiger partial charge in [0.25, 0.3) is 0 Å². The fraction of sp³-hybridized carbons (Fsp3) is 0.810. The van der Waals surface area contributed by atoms with Gasteiger partial charge >= 0.3 is 6.09 Å². The molecule has 4 fully saturated rings. The van der Waals surface area contributed by atoms with Gasteiger partial charge in [0.2, 0.25) is 11.7 Å². The molecule has 4 atom stereocenters. The van der Waals surface area contributed by atoms with E-state index in [1.54, 1.807) is 25.7 Å². The summed E-state index contributed by atoms with van der Waals surface area (Å²) in [6.07, 6.45) is 8.67. The summed E-state index contributed by atoms with van der Waals surface area (Å²) in [5, 5.41) is 2.84. The van der Waals surface area contributed by atoms with Gasteiger partial charge in [-0.25, -0.2) is 4.79 Å². The molecule has 2 unspecified atom stereocenters. The van der Waals surface area contributed by atoms with Gasteiger partial charge in [-0.15, -0.1) is 6.42 Å². The molecule has 1 aliphatic carbocycles. The molecule has 2 amide bonds. The Morgan fingerprint density at radius 3 is 2.52 bits per heavy atom. The van der Waals surface area contributed by atoms with Crippen LogP contribution in [-0.4, -0.2) is 66.4 Å². The number of nitrogens with zero attached hydrogens (tertiary/aromatic N) is 1. The SMILES string of the molecule is C#C[C@@H]1CN(C(=O)[C@@H](NC(=O)OC(C)(C)C)C2CCCC2)C2C1OCC21OCO1. The standard InChI is InChI=1S/C21H30N2O6/c1-5-13-10-23(17-16(13)26-11-21(17)27-12-28-21)18(24)15(14-8-6-7-9-14)22-19(25)29-20(2,3)4/h1,13-17H,6-12H2,2-4H3,(H,22,25)/t13-,15+,16?,17?/m1/s1. The van der Waals surface area contributed by atoms with Crippen molar-refractivity contribution in [1.29, 1.82) is 0 Å². The molecule has 4 aliphatic rings. The van der Waals surface area contributed by atoms with Crippen molar-refractivity contribution in [1.82, 2.24) is 10.2 Å². The van der Waals surface area contributed by atoms with E-state index in [4.69, 9.17) is 25.4 Å². The minimum absolute atomic E-state index is 0.0693. The van der Waals surface area contributed by atoms with Crippen LogP contribution in [-0.2, 0) is 23.7 Å². The Morgan fingerprint density at radius 2 is 1.97 bits per heavy atom. The number of nitrogens with one attached hydrogen (secondary N) is 1. The third-order valence-electron chi connectivity index (χ3n) is 6.28. The number of amides is 2. The van der Waals surface area contributed by atoms with Crippen molar-refractivity contribution in [2.45, 2.75) is 76.0 Å². The van der Waals surface area contributed by atoms with E-state index in [0.717, 1.165) is 25.7 Å². The van der Waals surface area contributed by atoms with Crippen LogP contribution in [0.2, 0.25) is 0 Å². The Hall–Kier alpha value is -1.82. The van der Waals surface area contributed by atoms with Gasteiger partial charge in [0, 0.05) is 6.54 Å². The topological polar surface area (TPSA) is 86.3 Å². The molecule has 0 aromatic heterocycles. The highest BCUT2D eigenvalue weighted by Crippen LogP contribution is 2.45. The summed E-state index contributed by atoms with van der Waals surface area (Å²) in [5.74, 6) is 1.47. The lowest BCUT2D eigenvalue weighted by Gasteiger charge is -2.44. The fourth-order valence-corrected chi connectivity index (χ4v) is 4.94. The summed E-state index contributed by atoms with van der Waals surface area (Å²) in [4.78, 5) is 27.9. The van der Waals surface area contributed by atoms with E-state index in [9.17, 15) is 9.59 Å². The van der Waals surface area contributed by atoms with Crippen molar-refractivity contribution in [3.63, 3.8) is 0 Å². The average Bonchev–Trinajstić information content (AvgIpc) is 3.32. The van der Waals surface area contributed by atoms with E-state index in [-0.39, 0.29) is 37.2 Å². The lowest BCUT2D eigenvalue weighted by atomic mass is 9.95. The average molecular weight is 406 g/mol. The van der Waals surface area contributed by atoms with E-state index in [1.165, 1.54) is 0 Å². The number of carbonyl (C=O) groups is 2. The highest BCUT2D eigenvalue weighted by molar-refractivity contribution is 5.87. The molecule has 3 heterocycles. The van der Waals surface area contributed by atoms with Crippen molar-refractivity contribution in [3.05, 3.63) is 0 Å². The lowest BCUT2D eigenvalue weighted by Crippen LogP contribution is -2.64. The first-order chi connectivity index (χ1) is 13.7. The van der Waals surface area contributed by atoms with E-state index in [2.05, 4.69) is 11.2 Å². The van der Waals surface area contributed by atoms with Gasteiger partial charge in [-0.2, -0.15) is 0 Å². The van der Waals surface area contributed by atoms with E-state index in [0.29, 0.717) is 6.54 Å². The number of terminal acetylenes is 1. The summed E-state index contributed by atoms with van der Waals surface area (Å²) in [5.41, 5.74) is -0.641. The monoisotopic (exact) mass is 406 g/mol. The van der Waals surface area contributed by atoms with Crippen LogP contribution < -0.4 is 5.32 Å². The summed E-state index contributed by atoms with van der Waals surface area (Å²) in [6.45, 7) is 6.18. The molecule has 3 aliphatic heterocycles. The zero-order chi connectivity index (χ0) is 20.8. The van der Waals surface area contributed by atoms with Gasteiger partial charge in [0.1, 0.15) is 24.3 Å². The Kier molecular flexibility index (Phi) is 5.26. The van der Waals surface area contributed by atoms with Crippen molar-refractivity contribution >= 4 is 12.0 Å². The molecule has 160 valence electrons. The summed E-state index contributed by atoms with van der Waals surface area (Å²) in [7, 11) is 0. The molecule has 4 rings (SSSR count). The molecule has 0 aromatic rings. The second-order valence-corrected chi connectivity index (χ2v) is 9.37. The number of alkyl carbamates (subject to hydrolysis) is 1. The van der Waals surface area contributed by atoms with Crippen LogP contribution in [0.1, 0.15) is 46.5 Å². The van der Waals surface area contributed by atoms with Crippen LogP contribution in [0.25, 0.3) is 0 Å². The fourth-order valence-electron chi connectivity index (χ4n) is 4.94. The van der Waals surface area contributed by atoms with Crippen molar-refractivity contribution < 1.29 is 28.5 Å². The molecule has 0 radical (unpaired) electrons. The van der Waals surface area contributed by atoms with Crippen molar-refractivity contribution in [2.24, 2.45) is 11.8 Å². The molecular formula is C21H30N2O6. The number of hydrogen-bond acceptors (Lipinski definition) is 6. The smallest absolute Gasteiger partial charge is 0.408 e. The minimum Gasteiger partial charge on any atom is -0.444 e. The number of rotatable bonds is 3. The van der Waals surface area contributed by atoms with Gasteiger partial charge < -0.3 is 29.2 Å². The Balaban J connectivity index is 1.56. The Morgan fingerprint density at radius 1 is 1.28 bits per heavy atom. The molecule has 0 bridgehead atoms. The number of fused-ring (bicyclic) bond motifs is 2. The van der Waals surface area contributed by atoms with Crippen molar-refractivity contribution in [2.75, 3.05) is 19.9 Å². The molecule has 3 saturated heterocycles. The molecule has 29 heavy (non-hydrogen) atoms. The number of carbonyl (C=O) groups excluding carboxylic acids is 2. The summed E-state index contributed by atoms with van der Waals surface area (Å²) < 4.78 is 22.7. The van der Waals surface area contributed by atoms with Crippen LogP contribution in [0, 0.1) is 24.2 Å². The molecule has 8 nitrogen and oxygen atoms in total. The van der Waals surface area contributed by atoms with Gasteiger partial charge in [0.15, 0.2) is 6.79 Å². The van der Waals surface area contributed by atoms with Crippen LogP contribution in [0.15, 0.2) is 0 Å². The van der Waals surface area contributed by atoms with E-state index >= 15 is 0 Å². The zero-order valence-electron chi connectivity index (χ0n) is 17.3. The zero-order valence-corrected chi connectivity index (χ0v) is 17.3. The Bertz CT molecular complexity index is 701. The van der Waals surface area contributed by atoms with Crippen LogP contribution in [0.4, 0.5) is 4.79 Å². The molecule has 8 heteroatoms. The third-order valence-corrected chi connectivity index (χ3v) is 6.28. The van der Waals surface area contributed by atoms with Crippen LogP contribution in [0.3, 0.4) is 0 Å². The largest absolute Gasteiger partial charge is 0.444 e.